The second kappa shape index (κ2) is 18.6. The molecule has 1 aliphatic rings. The molecule has 0 saturated heterocycles. The van der Waals surface area contributed by atoms with E-state index in [1.165, 1.54) is 124 Å². The van der Waals surface area contributed by atoms with E-state index in [0.29, 0.717) is 0 Å². The van der Waals surface area contributed by atoms with Crippen molar-refractivity contribution in [3.8, 4) is 39.1 Å². The van der Waals surface area contributed by atoms with E-state index in [0.717, 1.165) is 5.75 Å². The van der Waals surface area contributed by atoms with E-state index in [9.17, 15) is 0 Å². The van der Waals surface area contributed by atoms with Crippen LogP contribution in [-0.4, -0.2) is 7.11 Å². The van der Waals surface area contributed by atoms with E-state index in [1.54, 1.807) is 11.1 Å². The summed E-state index contributed by atoms with van der Waals surface area (Å²) >= 11 is -0.826. The van der Waals surface area contributed by atoms with Crippen LogP contribution in [0, 0.1) is 41.5 Å². The van der Waals surface area contributed by atoms with Gasteiger partial charge in [0.05, 0.1) is 7.11 Å². The summed E-state index contributed by atoms with van der Waals surface area (Å²) < 4.78 is 6.13. The van der Waals surface area contributed by atoms with Crippen molar-refractivity contribution in [2.24, 2.45) is 0 Å². The van der Waals surface area contributed by atoms with Crippen LogP contribution in [0.4, 0.5) is 0 Å². The first-order valence-corrected chi connectivity index (χ1v) is 28.6. The van der Waals surface area contributed by atoms with Crippen LogP contribution in [0.25, 0.3) is 54.9 Å². The Bertz CT molecular complexity index is 2580. The van der Waals surface area contributed by atoms with Crippen LogP contribution in [0.2, 0.25) is 0 Å². The average Bonchev–Trinajstić information content (AvgIpc) is 3.88. The van der Waals surface area contributed by atoms with Gasteiger partial charge in [-0.15, -0.1) is 50.9 Å². The SMILES string of the molecule is COc1c(C(C)(C)C)cc2[cH-]c(C)cc2c1-c1cc(C(C)(C)C)cc(C(C)(C)C)c1.Cc1cc(C)cc(-c2c3c(c(-c4cc(C)cc(C)c4)c4[cH-]c(C)cc24)CCC3)c1.[Cl][Zr+2][Cl]. The zero-order valence-corrected chi connectivity index (χ0v) is 44.3. The minimum atomic E-state index is -0.826. The molecule has 0 spiro atoms. The number of ether oxygens (including phenoxy) is 1. The molecule has 0 bridgehead atoms. The molecule has 0 atom stereocenters. The molecular formula is C58H68Cl2OZr. The van der Waals surface area contributed by atoms with Gasteiger partial charge in [0, 0.05) is 0 Å². The van der Waals surface area contributed by atoms with Gasteiger partial charge in [0.2, 0.25) is 0 Å². The number of hydrogen-bond acceptors (Lipinski definition) is 1. The van der Waals surface area contributed by atoms with Crippen LogP contribution < -0.4 is 4.74 Å². The van der Waals surface area contributed by atoms with Gasteiger partial charge < -0.3 is 4.74 Å². The number of fused-ring (bicyclic) bond motifs is 3. The van der Waals surface area contributed by atoms with Gasteiger partial charge >= 0.3 is 37.9 Å². The summed E-state index contributed by atoms with van der Waals surface area (Å²) in [5, 5.41) is 5.44. The van der Waals surface area contributed by atoms with Crippen molar-refractivity contribution < 1.29 is 25.6 Å². The maximum absolute atomic E-state index is 6.13. The van der Waals surface area contributed by atoms with Gasteiger partial charge in [-0.1, -0.05) is 181 Å². The van der Waals surface area contributed by atoms with Crippen molar-refractivity contribution >= 4 is 38.6 Å². The summed E-state index contributed by atoms with van der Waals surface area (Å²) in [5.41, 5.74) is 23.6. The average molecular weight is 943 g/mol. The second-order valence-electron chi connectivity index (χ2n) is 21.2. The summed E-state index contributed by atoms with van der Waals surface area (Å²) in [6, 6.07) is 32.9. The van der Waals surface area contributed by atoms with E-state index >= 15 is 0 Å². The molecule has 7 aromatic rings. The molecule has 62 heavy (non-hydrogen) atoms. The Morgan fingerprint density at radius 3 is 1.40 bits per heavy atom. The summed E-state index contributed by atoms with van der Waals surface area (Å²) in [4.78, 5) is 0. The van der Waals surface area contributed by atoms with Crippen LogP contribution in [0.5, 0.6) is 5.75 Å². The quantitative estimate of drug-likeness (QED) is 0.160. The Hall–Kier alpha value is -3.42. The van der Waals surface area contributed by atoms with Crippen molar-refractivity contribution in [2.75, 3.05) is 7.11 Å². The molecule has 1 aliphatic carbocycles. The molecule has 0 saturated carbocycles. The molecular weight excluding hydrogens is 875 g/mol. The van der Waals surface area contributed by atoms with Crippen LogP contribution >= 0.6 is 17.0 Å². The minimum absolute atomic E-state index is 0.00600. The number of aryl methyl sites for hydroxylation is 6. The summed E-state index contributed by atoms with van der Waals surface area (Å²) in [7, 11) is 11.7. The zero-order valence-electron chi connectivity index (χ0n) is 40.4. The molecule has 324 valence electrons. The third-order valence-electron chi connectivity index (χ3n) is 12.5. The van der Waals surface area contributed by atoms with Crippen LogP contribution in [-0.2, 0) is 49.9 Å². The number of methoxy groups -OCH3 is 1. The molecule has 0 aromatic heterocycles. The molecule has 0 fully saturated rings. The van der Waals surface area contributed by atoms with Gasteiger partial charge in [0.15, 0.2) is 0 Å². The molecule has 7 aromatic carbocycles. The normalized spacial score (nSPS) is 12.7. The predicted octanol–water partition coefficient (Wildman–Crippen LogP) is 17.7. The standard InChI is InChI=1S/C29H39O.C29H29.2ClH.Zr/c1-18-12-19-16-24(29(8,9)10)26(30-11)25(23(19)13-18)20-14-21(27(2,3)4)17-22(15-20)28(5,6)7;1-17-9-18(2)12-22(11-17)28-24-7-6-8-25(24)29(27-16-21(5)15-26(27)28)23-13-19(3)10-20(4)14-23;;;/h12-17H,1-11H3;9-16H,6-8H2,1-5H3;2*1H;/q2*-1;;;+4/p-2. The first-order valence-electron chi connectivity index (χ1n) is 22.3. The predicted molar refractivity (Wildman–Crippen MR) is 270 cm³/mol. The van der Waals surface area contributed by atoms with E-state index in [1.807, 2.05) is 7.11 Å². The van der Waals surface area contributed by atoms with Gasteiger partial charge in [-0.05, 0) is 96.6 Å². The fourth-order valence-corrected chi connectivity index (χ4v) is 9.77. The fourth-order valence-electron chi connectivity index (χ4n) is 9.77. The third kappa shape index (κ3) is 10.3. The fraction of sp³-hybridized carbons (Fsp3) is 0.379. The van der Waals surface area contributed by atoms with Gasteiger partial charge in [0.1, 0.15) is 5.75 Å². The number of rotatable bonds is 4. The van der Waals surface area contributed by atoms with E-state index in [-0.39, 0.29) is 16.2 Å². The molecule has 0 radical (unpaired) electrons. The van der Waals surface area contributed by atoms with Crippen molar-refractivity contribution in [1.82, 2.24) is 0 Å². The first kappa shape index (κ1) is 48.0. The summed E-state index contributed by atoms with van der Waals surface area (Å²) in [6.45, 7) is 33.9. The topological polar surface area (TPSA) is 9.23 Å². The molecule has 0 unspecified atom stereocenters. The van der Waals surface area contributed by atoms with Crippen molar-refractivity contribution in [1.29, 1.82) is 0 Å². The van der Waals surface area contributed by atoms with Gasteiger partial charge in [-0.3, -0.25) is 0 Å². The summed E-state index contributed by atoms with van der Waals surface area (Å²) in [6.07, 6.45) is 3.64. The molecule has 0 heterocycles. The molecule has 0 amide bonds. The van der Waals surface area contributed by atoms with Crippen LogP contribution in [0.3, 0.4) is 0 Å². The molecule has 0 N–H and O–H groups in total. The van der Waals surface area contributed by atoms with E-state index in [2.05, 4.69) is 189 Å². The van der Waals surface area contributed by atoms with E-state index in [4.69, 9.17) is 21.8 Å². The number of hydrogen-bond donors (Lipinski definition) is 0. The third-order valence-corrected chi connectivity index (χ3v) is 12.5. The second-order valence-corrected chi connectivity index (χ2v) is 24.9. The monoisotopic (exact) mass is 940 g/mol. The van der Waals surface area contributed by atoms with Crippen molar-refractivity contribution in [3.05, 3.63) is 146 Å². The molecule has 8 rings (SSSR count). The Balaban J connectivity index is 0.000000195. The Morgan fingerprint density at radius 1 is 0.500 bits per heavy atom. The van der Waals surface area contributed by atoms with Crippen molar-refractivity contribution in [2.45, 2.75) is 139 Å². The van der Waals surface area contributed by atoms with Gasteiger partial charge in [-0.25, -0.2) is 0 Å². The number of benzene rings is 5. The zero-order chi connectivity index (χ0) is 45.6. The Labute approximate surface area is 393 Å². The Kier molecular flexibility index (Phi) is 14.4. The molecule has 0 aliphatic heterocycles. The molecule has 1 nitrogen and oxygen atoms in total. The Morgan fingerprint density at radius 2 is 0.935 bits per heavy atom. The summed E-state index contributed by atoms with van der Waals surface area (Å²) in [5.74, 6) is 1.01. The van der Waals surface area contributed by atoms with Crippen LogP contribution in [0.1, 0.15) is 130 Å². The number of halogens is 2. The van der Waals surface area contributed by atoms with Gasteiger partial charge in [0.25, 0.3) is 0 Å². The van der Waals surface area contributed by atoms with E-state index < -0.39 is 20.8 Å². The van der Waals surface area contributed by atoms with Crippen molar-refractivity contribution in [3.63, 3.8) is 0 Å². The van der Waals surface area contributed by atoms with Crippen LogP contribution in [0.15, 0.2) is 84.9 Å². The molecule has 4 heteroatoms. The first-order chi connectivity index (χ1) is 28.9. The maximum atomic E-state index is 6.13. The van der Waals surface area contributed by atoms with Gasteiger partial charge in [-0.2, -0.15) is 12.1 Å².